The second-order valence-corrected chi connectivity index (χ2v) is 2.96. The van der Waals surface area contributed by atoms with Crippen molar-refractivity contribution in [2.45, 2.75) is 18.9 Å². The number of rotatable bonds is 2. The molecule has 1 fully saturated rings. The number of likely N-dealkylation sites (N-methyl/N-ethyl adjacent to an activating group) is 1. The molecule has 4 nitrogen and oxygen atoms in total. The van der Waals surface area contributed by atoms with E-state index in [1.54, 1.807) is 7.05 Å². The lowest BCUT2D eigenvalue weighted by Gasteiger charge is -2.17. The number of carboxylic acid groups (broad SMARTS) is 1. The number of carbonyl (C=O) groups is 1. The molecule has 4 heteroatoms. The van der Waals surface area contributed by atoms with E-state index in [9.17, 15) is 4.79 Å². The molecular formula is C7H14N2O2. The highest BCUT2D eigenvalue weighted by Crippen LogP contribution is 2.05. The van der Waals surface area contributed by atoms with Crippen LogP contribution in [0.1, 0.15) is 12.8 Å². The van der Waals surface area contributed by atoms with Crippen molar-refractivity contribution in [3.63, 3.8) is 0 Å². The normalized spacial score (nSPS) is 23.5. The Labute approximate surface area is 66.2 Å². The van der Waals surface area contributed by atoms with Gasteiger partial charge in [-0.3, -0.25) is 0 Å². The number of hydrogen-bond donors (Lipinski definition) is 2. The van der Waals surface area contributed by atoms with E-state index >= 15 is 0 Å². The van der Waals surface area contributed by atoms with Crippen LogP contribution in [0.3, 0.4) is 0 Å². The summed E-state index contributed by atoms with van der Waals surface area (Å²) in [7, 11) is 1.60. The van der Waals surface area contributed by atoms with Crippen LogP contribution in [-0.4, -0.2) is 42.3 Å². The van der Waals surface area contributed by atoms with Crippen molar-refractivity contribution in [2.75, 3.05) is 20.1 Å². The van der Waals surface area contributed by atoms with Crippen molar-refractivity contribution in [3.05, 3.63) is 0 Å². The maximum absolute atomic E-state index is 10.4. The number of amides is 1. The molecule has 0 spiro atoms. The van der Waals surface area contributed by atoms with Crippen LogP contribution in [0, 0.1) is 0 Å². The van der Waals surface area contributed by atoms with Gasteiger partial charge in [-0.25, -0.2) is 4.79 Å². The van der Waals surface area contributed by atoms with Crippen LogP contribution in [0.15, 0.2) is 0 Å². The first-order valence-corrected chi connectivity index (χ1v) is 3.87. The fraction of sp³-hybridized carbons (Fsp3) is 0.857. The lowest BCUT2D eigenvalue weighted by atomic mass is 10.2. The van der Waals surface area contributed by atoms with Gasteiger partial charge >= 0.3 is 6.09 Å². The SMILES string of the molecule is CN(CC1CCCN1)C(=O)O. The van der Waals surface area contributed by atoms with Gasteiger partial charge in [0.25, 0.3) is 0 Å². The molecule has 1 unspecified atom stereocenters. The van der Waals surface area contributed by atoms with Gasteiger partial charge < -0.3 is 15.3 Å². The second kappa shape index (κ2) is 3.57. The smallest absolute Gasteiger partial charge is 0.407 e. The van der Waals surface area contributed by atoms with E-state index in [4.69, 9.17) is 5.11 Å². The van der Waals surface area contributed by atoms with E-state index in [2.05, 4.69) is 5.32 Å². The minimum atomic E-state index is -0.848. The highest BCUT2D eigenvalue weighted by molar-refractivity contribution is 5.64. The van der Waals surface area contributed by atoms with E-state index in [1.165, 1.54) is 4.90 Å². The molecule has 0 aromatic heterocycles. The number of hydrogen-bond acceptors (Lipinski definition) is 2. The summed E-state index contributed by atoms with van der Waals surface area (Å²) in [6, 6.07) is 0.371. The molecule has 0 aromatic rings. The van der Waals surface area contributed by atoms with E-state index in [0.717, 1.165) is 19.4 Å². The molecule has 64 valence electrons. The molecule has 0 aliphatic carbocycles. The Kier molecular flexibility index (Phi) is 2.70. The van der Waals surface area contributed by atoms with Crippen molar-refractivity contribution < 1.29 is 9.90 Å². The first-order valence-electron chi connectivity index (χ1n) is 3.87. The molecule has 1 amide bonds. The van der Waals surface area contributed by atoms with Crippen LogP contribution in [-0.2, 0) is 0 Å². The Morgan fingerprint density at radius 2 is 2.55 bits per heavy atom. The van der Waals surface area contributed by atoms with Crippen LogP contribution in [0.2, 0.25) is 0 Å². The highest BCUT2D eigenvalue weighted by Gasteiger charge is 2.17. The molecule has 2 N–H and O–H groups in total. The van der Waals surface area contributed by atoms with E-state index in [0.29, 0.717) is 12.6 Å². The third kappa shape index (κ3) is 2.38. The Morgan fingerprint density at radius 1 is 1.82 bits per heavy atom. The molecule has 1 heterocycles. The summed E-state index contributed by atoms with van der Waals surface area (Å²) in [5, 5.41) is 11.8. The summed E-state index contributed by atoms with van der Waals surface area (Å²) in [5.41, 5.74) is 0. The number of nitrogens with one attached hydrogen (secondary N) is 1. The van der Waals surface area contributed by atoms with E-state index in [1.807, 2.05) is 0 Å². The lowest BCUT2D eigenvalue weighted by molar-refractivity contribution is 0.152. The van der Waals surface area contributed by atoms with E-state index < -0.39 is 6.09 Å². The van der Waals surface area contributed by atoms with Gasteiger partial charge in [0.15, 0.2) is 0 Å². The molecule has 0 aromatic carbocycles. The molecule has 1 saturated heterocycles. The van der Waals surface area contributed by atoms with Crippen molar-refractivity contribution in [1.82, 2.24) is 10.2 Å². The number of nitrogens with zero attached hydrogens (tertiary/aromatic N) is 1. The molecule has 1 atom stereocenters. The minimum absolute atomic E-state index is 0.371. The first-order chi connectivity index (χ1) is 5.20. The van der Waals surface area contributed by atoms with Crippen LogP contribution < -0.4 is 5.32 Å². The fourth-order valence-electron chi connectivity index (χ4n) is 1.32. The molecule has 1 rings (SSSR count). The van der Waals surface area contributed by atoms with Gasteiger partial charge in [-0.1, -0.05) is 0 Å². The van der Waals surface area contributed by atoms with Gasteiger partial charge in [0.05, 0.1) is 0 Å². The average Bonchev–Trinajstić information content (AvgIpc) is 2.39. The highest BCUT2D eigenvalue weighted by atomic mass is 16.4. The summed E-state index contributed by atoms with van der Waals surface area (Å²) in [6.45, 7) is 1.63. The minimum Gasteiger partial charge on any atom is -0.465 e. The van der Waals surface area contributed by atoms with Gasteiger partial charge in [-0.2, -0.15) is 0 Å². The van der Waals surface area contributed by atoms with Gasteiger partial charge in [0.1, 0.15) is 0 Å². The predicted molar refractivity (Wildman–Crippen MR) is 41.7 cm³/mol. The molecule has 0 bridgehead atoms. The van der Waals surface area contributed by atoms with Crippen molar-refractivity contribution in [1.29, 1.82) is 0 Å². The van der Waals surface area contributed by atoms with Gasteiger partial charge in [0, 0.05) is 19.6 Å². The maximum Gasteiger partial charge on any atom is 0.407 e. The van der Waals surface area contributed by atoms with Crippen molar-refractivity contribution in [3.8, 4) is 0 Å². The van der Waals surface area contributed by atoms with Crippen molar-refractivity contribution in [2.24, 2.45) is 0 Å². The molecule has 0 saturated carbocycles. The summed E-state index contributed by atoms with van der Waals surface area (Å²) in [6.07, 6.45) is 1.41. The third-order valence-electron chi connectivity index (χ3n) is 1.98. The lowest BCUT2D eigenvalue weighted by Crippen LogP contribution is -2.37. The van der Waals surface area contributed by atoms with E-state index in [-0.39, 0.29) is 0 Å². The predicted octanol–water partition coefficient (Wildman–Crippen LogP) is 0.348. The van der Waals surface area contributed by atoms with Crippen LogP contribution >= 0.6 is 0 Å². The summed E-state index contributed by atoms with van der Waals surface area (Å²) < 4.78 is 0. The summed E-state index contributed by atoms with van der Waals surface area (Å²) in [4.78, 5) is 11.7. The summed E-state index contributed by atoms with van der Waals surface area (Å²) in [5.74, 6) is 0. The molecular weight excluding hydrogens is 144 g/mol. The van der Waals surface area contributed by atoms with Crippen LogP contribution in [0.4, 0.5) is 4.79 Å². The average molecular weight is 158 g/mol. The Hall–Kier alpha value is -0.770. The quantitative estimate of drug-likeness (QED) is 0.609. The molecule has 1 aliphatic rings. The maximum atomic E-state index is 10.4. The Balaban J connectivity index is 2.23. The second-order valence-electron chi connectivity index (χ2n) is 2.96. The standard InChI is InChI=1S/C7H14N2O2/c1-9(7(10)11)5-6-3-2-4-8-6/h6,8H,2-5H2,1H3,(H,10,11). The first kappa shape index (κ1) is 8.33. The topological polar surface area (TPSA) is 52.6 Å². The monoisotopic (exact) mass is 158 g/mol. The Bertz CT molecular complexity index is 143. The van der Waals surface area contributed by atoms with Crippen molar-refractivity contribution >= 4 is 6.09 Å². The van der Waals surface area contributed by atoms with Crippen LogP contribution in [0.25, 0.3) is 0 Å². The van der Waals surface area contributed by atoms with Gasteiger partial charge in [-0.05, 0) is 19.4 Å². The van der Waals surface area contributed by atoms with Crippen LogP contribution in [0.5, 0.6) is 0 Å². The summed E-state index contributed by atoms with van der Waals surface area (Å²) >= 11 is 0. The zero-order valence-electron chi connectivity index (χ0n) is 6.71. The fourth-order valence-corrected chi connectivity index (χ4v) is 1.32. The zero-order valence-corrected chi connectivity index (χ0v) is 6.71. The largest absolute Gasteiger partial charge is 0.465 e. The molecule has 1 aliphatic heterocycles. The van der Waals surface area contributed by atoms with Gasteiger partial charge in [0.2, 0.25) is 0 Å². The zero-order chi connectivity index (χ0) is 8.27. The third-order valence-corrected chi connectivity index (χ3v) is 1.98. The van der Waals surface area contributed by atoms with Gasteiger partial charge in [-0.15, -0.1) is 0 Å². The Morgan fingerprint density at radius 3 is 3.00 bits per heavy atom. The molecule has 0 radical (unpaired) electrons. The molecule has 11 heavy (non-hydrogen) atoms.